The van der Waals surface area contributed by atoms with E-state index in [0.29, 0.717) is 23.8 Å². The van der Waals surface area contributed by atoms with Gasteiger partial charge in [-0.2, -0.15) is 0 Å². The molecule has 0 spiro atoms. The first-order chi connectivity index (χ1) is 11.7. The van der Waals surface area contributed by atoms with E-state index in [1.165, 1.54) is 18.4 Å². The highest BCUT2D eigenvalue weighted by molar-refractivity contribution is 5.92. The molecule has 2 aromatic carbocycles. The summed E-state index contributed by atoms with van der Waals surface area (Å²) in [6, 6.07) is 15.5. The maximum atomic E-state index is 12.5. The second-order valence-electron chi connectivity index (χ2n) is 6.17. The second-order valence-corrected chi connectivity index (χ2v) is 6.17. The van der Waals surface area contributed by atoms with Crippen molar-refractivity contribution < 1.29 is 14.3 Å². The van der Waals surface area contributed by atoms with E-state index in [0.717, 1.165) is 5.75 Å². The Labute approximate surface area is 142 Å². The summed E-state index contributed by atoms with van der Waals surface area (Å²) in [5.74, 6) is 2.39. The van der Waals surface area contributed by atoms with Gasteiger partial charge in [-0.1, -0.05) is 24.3 Å². The molecule has 0 heterocycles. The van der Waals surface area contributed by atoms with E-state index in [2.05, 4.69) is 17.4 Å². The molecule has 1 saturated carbocycles. The number of ether oxygens (including phenoxy) is 2. The Balaban J connectivity index is 1.70. The fourth-order valence-corrected chi connectivity index (χ4v) is 3.06. The Morgan fingerprint density at radius 3 is 2.42 bits per heavy atom. The molecular formula is C20H23NO3. The van der Waals surface area contributed by atoms with Gasteiger partial charge in [0.1, 0.15) is 11.5 Å². The first-order valence-electron chi connectivity index (χ1n) is 8.28. The minimum Gasteiger partial charge on any atom is -0.497 e. The number of methoxy groups -OCH3 is 2. The molecule has 126 valence electrons. The van der Waals surface area contributed by atoms with E-state index < -0.39 is 0 Å². The van der Waals surface area contributed by atoms with Gasteiger partial charge in [0.25, 0.3) is 0 Å². The van der Waals surface area contributed by atoms with Crippen LogP contribution in [-0.2, 0) is 4.79 Å². The average Bonchev–Trinajstić information content (AvgIpc) is 3.45. The van der Waals surface area contributed by atoms with E-state index in [1.807, 2.05) is 36.4 Å². The van der Waals surface area contributed by atoms with E-state index in [9.17, 15) is 4.79 Å². The molecule has 1 atom stereocenters. The van der Waals surface area contributed by atoms with Crippen molar-refractivity contribution in [1.29, 1.82) is 0 Å². The van der Waals surface area contributed by atoms with Crippen LogP contribution in [0, 0.1) is 5.92 Å². The minimum absolute atomic E-state index is 0.0206. The number of para-hydroxylation sites is 2. The van der Waals surface area contributed by atoms with Crippen molar-refractivity contribution in [3.8, 4) is 11.5 Å². The van der Waals surface area contributed by atoms with Crippen LogP contribution in [0.3, 0.4) is 0 Å². The summed E-state index contributed by atoms with van der Waals surface area (Å²) in [7, 11) is 3.27. The summed E-state index contributed by atoms with van der Waals surface area (Å²) in [5.41, 5.74) is 1.92. The summed E-state index contributed by atoms with van der Waals surface area (Å²) in [6.45, 7) is 0. The molecule has 3 rings (SSSR count). The van der Waals surface area contributed by atoms with Crippen LogP contribution in [0.4, 0.5) is 5.69 Å². The van der Waals surface area contributed by atoms with Gasteiger partial charge in [0.15, 0.2) is 0 Å². The zero-order chi connectivity index (χ0) is 16.9. The fourth-order valence-electron chi connectivity index (χ4n) is 3.06. The smallest absolute Gasteiger partial charge is 0.225 e. The first kappa shape index (κ1) is 16.4. The van der Waals surface area contributed by atoms with E-state index in [1.54, 1.807) is 14.2 Å². The molecule has 0 saturated heterocycles. The Kier molecular flexibility index (Phi) is 5.04. The Morgan fingerprint density at radius 2 is 1.79 bits per heavy atom. The number of hydrogen-bond acceptors (Lipinski definition) is 3. The standard InChI is InChI=1S/C20H23NO3/c1-23-16-11-9-15(10-12-16)17(14-7-8-14)13-20(22)21-18-5-3-4-6-19(18)24-2/h3-6,9-12,14,17H,7-8,13H2,1-2H3,(H,21,22). The van der Waals surface area contributed by atoms with Gasteiger partial charge >= 0.3 is 0 Å². The van der Waals surface area contributed by atoms with Crippen molar-refractivity contribution in [2.75, 3.05) is 19.5 Å². The van der Waals surface area contributed by atoms with E-state index >= 15 is 0 Å². The highest BCUT2D eigenvalue weighted by Crippen LogP contribution is 2.45. The van der Waals surface area contributed by atoms with Crippen molar-refractivity contribution >= 4 is 11.6 Å². The summed E-state index contributed by atoms with van der Waals surface area (Å²) >= 11 is 0. The van der Waals surface area contributed by atoms with Crippen LogP contribution in [0.1, 0.15) is 30.7 Å². The van der Waals surface area contributed by atoms with Gasteiger partial charge in [-0.25, -0.2) is 0 Å². The van der Waals surface area contributed by atoms with Crippen LogP contribution in [-0.4, -0.2) is 20.1 Å². The van der Waals surface area contributed by atoms with Crippen LogP contribution < -0.4 is 14.8 Å². The number of amides is 1. The number of anilines is 1. The Hall–Kier alpha value is -2.49. The van der Waals surface area contributed by atoms with Gasteiger partial charge < -0.3 is 14.8 Å². The van der Waals surface area contributed by atoms with Crippen molar-refractivity contribution in [2.45, 2.75) is 25.2 Å². The molecule has 2 aromatic rings. The lowest BCUT2D eigenvalue weighted by Gasteiger charge is -2.17. The number of nitrogens with one attached hydrogen (secondary N) is 1. The lowest BCUT2D eigenvalue weighted by atomic mass is 9.90. The van der Waals surface area contributed by atoms with Crippen LogP contribution in [0.2, 0.25) is 0 Å². The molecule has 4 heteroatoms. The quantitative estimate of drug-likeness (QED) is 0.829. The van der Waals surface area contributed by atoms with Crippen molar-refractivity contribution in [1.82, 2.24) is 0 Å². The third-order valence-electron chi connectivity index (χ3n) is 4.52. The largest absolute Gasteiger partial charge is 0.497 e. The third-order valence-corrected chi connectivity index (χ3v) is 4.52. The number of carbonyl (C=O) groups excluding carboxylic acids is 1. The lowest BCUT2D eigenvalue weighted by Crippen LogP contribution is -2.17. The van der Waals surface area contributed by atoms with Crippen molar-refractivity contribution in [3.63, 3.8) is 0 Å². The highest BCUT2D eigenvalue weighted by Gasteiger charge is 2.33. The van der Waals surface area contributed by atoms with E-state index in [-0.39, 0.29) is 11.8 Å². The number of benzene rings is 2. The summed E-state index contributed by atoms with van der Waals surface area (Å²) < 4.78 is 10.5. The molecule has 0 aromatic heterocycles. The normalized spacial score (nSPS) is 14.8. The van der Waals surface area contributed by atoms with Gasteiger partial charge in [-0.05, 0) is 54.5 Å². The predicted octanol–water partition coefficient (Wildman–Crippen LogP) is 4.23. The maximum absolute atomic E-state index is 12.5. The zero-order valence-corrected chi connectivity index (χ0v) is 14.1. The molecule has 4 nitrogen and oxygen atoms in total. The van der Waals surface area contributed by atoms with Crippen molar-refractivity contribution in [3.05, 3.63) is 54.1 Å². The molecule has 0 bridgehead atoms. The molecule has 1 unspecified atom stereocenters. The Bertz CT molecular complexity index is 692. The topological polar surface area (TPSA) is 47.6 Å². The molecular weight excluding hydrogens is 302 g/mol. The number of carbonyl (C=O) groups is 1. The van der Waals surface area contributed by atoms with E-state index in [4.69, 9.17) is 9.47 Å². The summed E-state index contributed by atoms with van der Waals surface area (Å²) in [6.07, 6.45) is 2.87. The number of hydrogen-bond donors (Lipinski definition) is 1. The second kappa shape index (κ2) is 7.39. The molecule has 0 radical (unpaired) electrons. The van der Waals surface area contributed by atoms with Crippen molar-refractivity contribution in [2.24, 2.45) is 5.92 Å². The Morgan fingerprint density at radius 1 is 1.08 bits per heavy atom. The highest BCUT2D eigenvalue weighted by atomic mass is 16.5. The minimum atomic E-state index is 0.0206. The van der Waals surface area contributed by atoms with Gasteiger partial charge in [0.2, 0.25) is 5.91 Å². The van der Waals surface area contributed by atoms with Crippen LogP contribution in [0.15, 0.2) is 48.5 Å². The molecule has 1 amide bonds. The van der Waals surface area contributed by atoms with Crippen LogP contribution in [0.25, 0.3) is 0 Å². The van der Waals surface area contributed by atoms with Gasteiger partial charge in [0.05, 0.1) is 19.9 Å². The molecule has 1 aliphatic rings. The summed E-state index contributed by atoms with van der Waals surface area (Å²) in [4.78, 5) is 12.5. The van der Waals surface area contributed by atoms with Gasteiger partial charge in [-0.3, -0.25) is 4.79 Å². The zero-order valence-electron chi connectivity index (χ0n) is 14.1. The van der Waals surface area contributed by atoms with Crippen LogP contribution >= 0.6 is 0 Å². The SMILES string of the molecule is COc1ccc(C(CC(=O)Nc2ccccc2OC)C2CC2)cc1. The summed E-state index contributed by atoms with van der Waals surface area (Å²) in [5, 5.41) is 2.98. The molecule has 0 aliphatic heterocycles. The molecule has 1 N–H and O–H groups in total. The maximum Gasteiger partial charge on any atom is 0.225 e. The monoisotopic (exact) mass is 325 g/mol. The van der Waals surface area contributed by atoms with Gasteiger partial charge in [0, 0.05) is 6.42 Å². The molecule has 1 aliphatic carbocycles. The fraction of sp³-hybridized carbons (Fsp3) is 0.350. The van der Waals surface area contributed by atoms with Crippen LogP contribution in [0.5, 0.6) is 11.5 Å². The lowest BCUT2D eigenvalue weighted by molar-refractivity contribution is -0.116. The molecule has 24 heavy (non-hydrogen) atoms. The number of rotatable bonds is 7. The average molecular weight is 325 g/mol. The predicted molar refractivity (Wildman–Crippen MR) is 94.7 cm³/mol. The first-order valence-corrected chi connectivity index (χ1v) is 8.28. The van der Waals surface area contributed by atoms with Gasteiger partial charge in [-0.15, -0.1) is 0 Å². The third kappa shape index (κ3) is 3.88. The molecule has 1 fully saturated rings.